The Morgan fingerprint density at radius 1 is 0.963 bits per heavy atom. The number of phenols is 1. The van der Waals surface area contributed by atoms with Crippen LogP contribution in [-0.2, 0) is 27.2 Å². The molecular formula is C63H75FN12O6. The van der Waals surface area contributed by atoms with E-state index in [1.807, 2.05) is 95.3 Å². The van der Waals surface area contributed by atoms with E-state index in [1.165, 1.54) is 6.07 Å². The molecule has 4 aliphatic rings. The number of aromatic hydroxyl groups is 1. The number of carbonyl (C=O) groups excluding carboxylic acids is 2. The minimum Gasteiger partial charge on any atom is -0.505 e. The summed E-state index contributed by atoms with van der Waals surface area (Å²) in [7, 11) is 3.32. The monoisotopic (exact) mass is 1110 g/mol. The number of methoxy groups -OCH3 is 1. The molecule has 7 aromatic rings. The molecule has 19 heteroatoms. The number of rotatable bonds is 21. The average Bonchev–Trinajstić information content (AvgIpc) is 1.94. The van der Waals surface area contributed by atoms with E-state index in [0.717, 1.165) is 76.9 Å². The molecule has 6 atom stereocenters. The molecule has 430 valence electrons. The van der Waals surface area contributed by atoms with Crippen LogP contribution in [0.2, 0.25) is 0 Å². The molecule has 3 saturated heterocycles. The number of aryl methyl sites for hydroxylation is 1. The van der Waals surface area contributed by atoms with Crippen molar-refractivity contribution in [2.45, 2.75) is 122 Å². The molecule has 18 nitrogen and oxygen atoms in total. The van der Waals surface area contributed by atoms with Gasteiger partial charge in [0.2, 0.25) is 11.8 Å². The zero-order valence-electron chi connectivity index (χ0n) is 47.8. The molecule has 5 N–H and O–H groups in total. The normalized spacial score (nSPS) is 18.7. The first-order valence-electron chi connectivity index (χ1n) is 28.9. The van der Waals surface area contributed by atoms with E-state index >= 15 is 4.39 Å². The van der Waals surface area contributed by atoms with Crippen LogP contribution in [0.5, 0.6) is 11.8 Å². The van der Waals surface area contributed by atoms with Crippen molar-refractivity contribution >= 4 is 34.7 Å². The number of fused-ring (bicyclic) bond motifs is 3. The van der Waals surface area contributed by atoms with Gasteiger partial charge in [-0.15, -0.1) is 5.10 Å². The topological polar surface area (TPSA) is 217 Å². The lowest BCUT2D eigenvalue weighted by Gasteiger charge is -2.30. The van der Waals surface area contributed by atoms with E-state index in [9.17, 15) is 19.8 Å². The predicted molar refractivity (Wildman–Crippen MR) is 315 cm³/mol. The van der Waals surface area contributed by atoms with E-state index < -0.39 is 23.9 Å². The van der Waals surface area contributed by atoms with E-state index in [0.29, 0.717) is 71.7 Å². The van der Waals surface area contributed by atoms with Crippen molar-refractivity contribution in [3.63, 3.8) is 0 Å². The first-order valence-corrected chi connectivity index (χ1v) is 28.9. The molecule has 1 aliphatic carbocycles. The van der Waals surface area contributed by atoms with Crippen LogP contribution >= 0.6 is 0 Å². The zero-order valence-corrected chi connectivity index (χ0v) is 47.8. The number of hydrogen-bond donors (Lipinski definition) is 5. The van der Waals surface area contributed by atoms with Crippen LogP contribution < -0.4 is 25.7 Å². The quantitative estimate of drug-likeness (QED) is 0.0336. The highest BCUT2D eigenvalue weighted by atomic mass is 19.1. The number of halogens is 1. The van der Waals surface area contributed by atoms with Gasteiger partial charge in [0.25, 0.3) is 0 Å². The maximum atomic E-state index is 16.7. The number of aliphatic hydroxyl groups is 1. The summed E-state index contributed by atoms with van der Waals surface area (Å²) in [5.41, 5.74) is 11.3. The number of pyridine rings is 1. The lowest BCUT2D eigenvalue weighted by atomic mass is 9.85. The Hall–Kier alpha value is -7.87. The largest absolute Gasteiger partial charge is 0.505 e. The number of anilines is 1. The van der Waals surface area contributed by atoms with E-state index in [-0.39, 0.29) is 60.8 Å². The van der Waals surface area contributed by atoms with Gasteiger partial charge < -0.3 is 45.5 Å². The molecule has 3 aliphatic heterocycles. The summed E-state index contributed by atoms with van der Waals surface area (Å²) in [6.45, 7) is 11.7. The molecule has 5 unspecified atom stereocenters. The maximum Gasteiger partial charge on any atom is 0.319 e. The Morgan fingerprint density at radius 2 is 1.74 bits per heavy atom. The van der Waals surface area contributed by atoms with Crippen molar-refractivity contribution in [2.24, 2.45) is 11.0 Å². The molecule has 82 heavy (non-hydrogen) atoms. The molecule has 6 heterocycles. The van der Waals surface area contributed by atoms with Crippen LogP contribution in [0.4, 0.5) is 10.2 Å². The number of aromatic nitrogens is 6. The molecule has 4 fully saturated rings. The van der Waals surface area contributed by atoms with Crippen molar-refractivity contribution in [1.29, 1.82) is 0 Å². The molecule has 2 amide bonds. The third-order valence-corrected chi connectivity index (χ3v) is 16.3. The number of phenolic OH excluding ortho intramolecular Hbond substituents is 1. The van der Waals surface area contributed by atoms with E-state index in [4.69, 9.17) is 19.4 Å². The fraction of sp³-hybridized carbons (Fsp3) is 0.429. The van der Waals surface area contributed by atoms with Crippen molar-refractivity contribution < 1.29 is 33.7 Å². The van der Waals surface area contributed by atoms with Gasteiger partial charge in [-0.05, 0) is 121 Å². The fourth-order valence-corrected chi connectivity index (χ4v) is 11.8. The molecule has 11 rings (SSSR count). The summed E-state index contributed by atoms with van der Waals surface area (Å²) in [4.78, 5) is 46.4. The average molecular weight is 1120 g/mol. The lowest BCUT2D eigenvalue weighted by molar-refractivity contribution is -0.142. The predicted octanol–water partition coefficient (Wildman–Crippen LogP) is 8.71. The number of piperazine rings is 1. The molecule has 0 radical (unpaired) electrons. The number of amides is 2. The van der Waals surface area contributed by atoms with Gasteiger partial charge in [-0.2, -0.15) is 15.1 Å². The Labute approximate surface area is 478 Å². The number of nitrogens with zero attached hydrogens (tertiary/aromatic N) is 9. The van der Waals surface area contributed by atoms with Gasteiger partial charge >= 0.3 is 6.01 Å². The number of carbonyl (C=O) groups is 2. The van der Waals surface area contributed by atoms with Gasteiger partial charge in [0, 0.05) is 85.9 Å². The van der Waals surface area contributed by atoms with Gasteiger partial charge in [-0.3, -0.25) is 14.6 Å². The third-order valence-electron chi connectivity index (χ3n) is 16.3. The summed E-state index contributed by atoms with van der Waals surface area (Å²) in [6, 6.07) is 23.2. The number of ether oxygens (including phenoxy) is 2. The number of nitrogens with one attached hydrogen (secondary N) is 3. The fourth-order valence-electron chi connectivity index (χ4n) is 11.8. The van der Waals surface area contributed by atoms with E-state index in [2.05, 4.69) is 47.4 Å². The Morgan fingerprint density at radius 3 is 2.41 bits per heavy atom. The Balaban J connectivity index is 0.00000372. The number of likely N-dealkylation sites (tertiary alicyclic amines) is 1. The second kappa shape index (κ2) is 25.5. The molecule has 1 saturated carbocycles. The minimum absolute atomic E-state index is 0.0534. The van der Waals surface area contributed by atoms with Crippen molar-refractivity contribution in [1.82, 2.24) is 50.9 Å². The van der Waals surface area contributed by atoms with Crippen LogP contribution in [0.3, 0.4) is 0 Å². The highest BCUT2D eigenvalue weighted by molar-refractivity contribution is 6.03. The summed E-state index contributed by atoms with van der Waals surface area (Å²) >= 11 is 0. The molecule has 3 aromatic heterocycles. The molecule has 0 spiro atoms. The first kappa shape index (κ1) is 57.4. The highest BCUT2D eigenvalue weighted by Crippen LogP contribution is 2.52. The zero-order chi connectivity index (χ0) is 57.6. The van der Waals surface area contributed by atoms with E-state index in [1.54, 1.807) is 54.6 Å². The van der Waals surface area contributed by atoms with Crippen molar-refractivity contribution in [3.8, 4) is 45.3 Å². The second-order valence-electron chi connectivity index (χ2n) is 21.9. The number of aliphatic hydroxyl groups excluding tert-OH is 1. The van der Waals surface area contributed by atoms with Crippen LogP contribution in [0, 0.1) is 11.7 Å². The second-order valence-corrected chi connectivity index (χ2v) is 21.9. The van der Waals surface area contributed by atoms with Gasteiger partial charge in [0.05, 0.1) is 31.2 Å². The SMILES string of the molecule is CC.CN/N=C\c1ccc(F)c(CCc2ccc(-c3cn(C(C(=O)N4CCCC4C(=O)NC(CO)c4ccc(-c5cccnc5)cc4)C(C)C)nn3)cc2)c1-c1c(C2CC2)cc2c(N3CC4CC3CN4)nc(OC[C@H](C)OC)nc2c1O. The number of hydrogen-bond acceptors (Lipinski definition) is 15. The smallest absolute Gasteiger partial charge is 0.319 e. The number of benzene rings is 4. The van der Waals surface area contributed by atoms with Crippen LogP contribution in [0.25, 0.3) is 44.4 Å². The van der Waals surface area contributed by atoms with Gasteiger partial charge in [-0.25, -0.2) is 9.07 Å². The van der Waals surface area contributed by atoms with Crippen LogP contribution in [0.1, 0.15) is 113 Å². The van der Waals surface area contributed by atoms with Gasteiger partial charge in [0.1, 0.15) is 47.3 Å². The molecule has 2 bridgehead atoms. The summed E-state index contributed by atoms with van der Waals surface area (Å²) in [5, 5.41) is 43.8. The molecule has 4 aromatic carbocycles. The Bertz CT molecular complexity index is 3390. The first-order chi connectivity index (χ1) is 39.9. The van der Waals surface area contributed by atoms with Crippen molar-refractivity contribution in [2.75, 3.05) is 51.9 Å². The Kier molecular flexibility index (Phi) is 17.8. The third kappa shape index (κ3) is 12.0. The summed E-state index contributed by atoms with van der Waals surface area (Å²) in [6.07, 6.45) is 11.5. The molecular weight excluding hydrogens is 1040 g/mol. The lowest BCUT2D eigenvalue weighted by Crippen LogP contribution is -2.50. The van der Waals surface area contributed by atoms with Crippen molar-refractivity contribution in [3.05, 3.63) is 131 Å². The van der Waals surface area contributed by atoms with Crippen LogP contribution in [-0.4, -0.2) is 134 Å². The van der Waals surface area contributed by atoms with Crippen LogP contribution in [0.15, 0.2) is 103 Å². The highest BCUT2D eigenvalue weighted by Gasteiger charge is 2.42. The maximum absolute atomic E-state index is 16.7. The summed E-state index contributed by atoms with van der Waals surface area (Å²) < 4.78 is 29.9. The van der Waals surface area contributed by atoms with Gasteiger partial charge in [-0.1, -0.05) is 87.5 Å². The van der Waals surface area contributed by atoms with Gasteiger partial charge in [0.15, 0.2) is 0 Å². The minimum atomic E-state index is -0.731. The number of hydrazone groups is 1. The standard InChI is InChI=1S/C61H69FN12O6.C2H6/c1-35(2)56(60(78)72-25-7-9-52(72)59(77)67-51(33-75)41-19-15-38(16-20-41)42-8-6-24-64-28-42)74-32-50(70-71-74)40-13-10-37(11-14-40)12-22-46-49(62)23-21-43(29-66-63-4)53(46)54-47(39-17-18-39)27-48-55(57(54)76)68-61(80-34-36(3)79-5)69-58(48)73-31-44-26-45(73)30-65-44;1-2/h6,8,10-11,13-16,19-21,23-24,27-29,32,35-36,39,44-45,51-52,56,63,65,75-76H,7,9,12,17-18,22,25-26,30-31,33-34H2,1-5H3,(H,67,77);1-2H3/b66-29-;/t36-,44?,45?,51?,52?,56?;/m0./s1. The summed E-state index contributed by atoms with van der Waals surface area (Å²) in [5.74, 6) is -0.320.